The van der Waals surface area contributed by atoms with E-state index in [0.717, 1.165) is 5.70 Å². The Labute approximate surface area is 44.1 Å². The Balaban J connectivity index is 2.82. The van der Waals surface area contributed by atoms with E-state index >= 15 is 0 Å². The van der Waals surface area contributed by atoms with Crippen molar-refractivity contribution in [2.75, 3.05) is 6.61 Å². The predicted molar refractivity (Wildman–Crippen MR) is 29.6 cm³/mol. The molecule has 0 aromatic rings. The lowest BCUT2D eigenvalue weighted by Gasteiger charge is -2.00. The van der Waals surface area contributed by atoms with Gasteiger partial charge in [-0.2, -0.15) is 0 Å². The molecule has 0 bridgehead atoms. The van der Waals surface area contributed by atoms with Crippen molar-refractivity contribution < 1.29 is 4.84 Å². The maximum absolute atomic E-state index is 4.75. The van der Waals surface area contributed by atoms with Gasteiger partial charge in [0.05, 0.1) is 6.61 Å². The molecule has 0 radical (unpaired) electrons. The first kappa shape index (κ1) is 6.50. The minimum atomic E-state index is 0.673. The van der Waals surface area contributed by atoms with Crippen LogP contribution in [0.25, 0.3) is 0 Å². The molecular weight excluding hydrogens is 90.1 g/mol. The molecule has 0 heterocycles. The van der Waals surface area contributed by atoms with Crippen molar-refractivity contribution in [3.63, 3.8) is 0 Å². The standard InChI is InChI=1S/C5H11NO/c1-4-7-6-5(2)3/h6H,2,4H2,1,3H3. The van der Waals surface area contributed by atoms with Gasteiger partial charge in [-0.15, -0.1) is 0 Å². The van der Waals surface area contributed by atoms with Gasteiger partial charge >= 0.3 is 0 Å². The SMILES string of the molecule is C=C(C)NOCC. The van der Waals surface area contributed by atoms with Crippen molar-refractivity contribution in [2.24, 2.45) is 0 Å². The Kier molecular flexibility index (Phi) is 3.42. The van der Waals surface area contributed by atoms with Gasteiger partial charge in [0.1, 0.15) is 0 Å². The minimum absolute atomic E-state index is 0.673. The van der Waals surface area contributed by atoms with Gasteiger partial charge < -0.3 is 0 Å². The van der Waals surface area contributed by atoms with Crippen LogP contribution in [0.4, 0.5) is 0 Å². The Hall–Kier alpha value is -0.500. The third kappa shape index (κ3) is 5.50. The summed E-state index contributed by atoms with van der Waals surface area (Å²) in [6.45, 7) is 7.99. The van der Waals surface area contributed by atoms with Crippen LogP contribution >= 0.6 is 0 Å². The maximum Gasteiger partial charge on any atom is 0.0717 e. The Morgan fingerprint density at radius 2 is 2.43 bits per heavy atom. The molecule has 0 aliphatic heterocycles. The Bertz CT molecular complexity index is 61.1. The van der Waals surface area contributed by atoms with Gasteiger partial charge in [0, 0.05) is 5.70 Å². The Morgan fingerprint density at radius 1 is 1.86 bits per heavy atom. The minimum Gasteiger partial charge on any atom is -0.277 e. The van der Waals surface area contributed by atoms with Gasteiger partial charge in [-0.1, -0.05) is 6.58 Å². The molecule has 42 valence electrons. The van der Waals surface area contributed by atoms with E-state index in [0.29, 0.717) is 6.61 Å². The molecule has 0 aromatic heterocycles. The van der Waals surface area contributed by atoms with Crippen molar-refractivity contribution >= 4 is 0 Å². The molecular formula is C5H11NO. The zero-order chi connectivity index (χ0) is 5.70. The fourth-order valence-corrected chi connectivity index (χ4v) is 0.195. The van der Waals surface area contributed by atoms with Crippen LogP contribution in [0.15, 0.2) is 12.3 Å². The molecule has 0 saturated carbocycles. The third-order valence-electron chi connectivity index (χ3n) is 0.391. The lowest BCUT2D eigenvalue weighted by molar-refractivity contribution is 0.0741. The summed E-state index contributed by atoms with van der Waals surface area (Å²) in [4.78, 5) is 4.75. The van der Waals surface area contributed by atoms with E-state index < -0.39 is 0 Å². The fraction of sp³-hybridized carbons (Fsp3) is 0.600. The first-order valence-electron chi connectivity index (χ1n) is 2.30. The third-order valence-corrected chi connectivity index (χ3v) is 0.391. The molecule has 1 N–H and O–H groups in total. The van der Waals surface area contributed by atoms with Crippen LogP contribution in [0.1, 0.15) is 13.8 Å². The van der Waals surface area contributed by atoms with Crippen LogP contribution in [0.3, 0.4) is 0 Å². The van der Waals surface area contributed by atoms with Crippen LogP contribution in [0, 0.1) is 0 Å². The molecule has 0 aliphatic rings. The molecule has 0 aromatic carbocycles. The Morgan fingerprint density at radius 3 is 2.57 bits per heavy atom. The largest absolute Gasteiger partial charge is 0.277 e. The van der Waals surface area contributed by atoms with Crippen molar-refractivity contribution in [1.29, 1.82) is 0 Å². The molecule has 0 spiro atoms. The second-order valence-corrected chi connectivity index (χ2v) is 1.32. The molecule has 0 rings (SSSR count). The van der Waals surface area contributed by atoms with Crippen LogP contribution in [-0.4, -0.2) is 6.61 Å². The van der Waals surface area contributed by atoms with E-state index in [-0.39, 0.29) is 0 Å². The highest BCUT2D eigenvalue weighted by atomic mass is 16.6. The van der Waals surface area contributed by atoms with E-state index in [1.807, 2.05) is 13.8 Å². The maximum atomic E-state index is 4.75. The second-order valence-electron chi connectivity index (χ2n) is 1.32. The quantitative estimate of drug-likeness (QED) is 0.537. The van der Waals surface area contributed by atoms with Crippen LogP contribution in [-0.2, 0) is 4.84 Å². The average molecular weight is 101 g/mol. The highest BCUT2D eigenvalue weighted by Crippen LogP contribution is 1.75. The monoisotopic (exact) mass is 101 g/mol. The summed E-state index contributed by atoms with van der Waals surface area (Å²) in [7, 11) is 0. The fourth-order valence-electron chi connectivity index (χ4n) is 0.195. The summed E-state index contributed by atoms with van der Waals surface area (Å²) < 4.78 is 0. The van der Waals surface area contributed by atoms with Crippen LogP contribution in [0.5, 0.6) is 0 Å². The zero-order valence-corrected chi connectivity index (χ0v) is 4.82. The summed E-state index contributed by atoms with van der Waals surface area (Å²) in [6, 6.07) is 0. The first-order chi connectivity index (χ1) is 3.27. The van der Waals surface area contributed by atoms with Crippen LogP contribution in [0.2, 0.25) is 0 Å². The van der Waals surface area contributed by atoms with Crippen molar-refractivity contribution in [3.05, 3.63) is 12.3 Å². The number of allylic oxidation sites excluding steroid dienone is 1. The van der Waals surface area contributed by atoms with Crippen LogP contribution < -0.4 is 5.48 Å². The highest BCUT2D eigenvalue weighted by molar-refractivity contribution is 4.78. The summed E-state index contributed by atoms with van der Waals surface area (Å²) >= 11 is 0. The van der Waals surface area contributed by atoms with Crippen molar-refractivity contribution in [1.82, 2.24) is 5.48 Å². The summed E-state index contributed by atoms with van der Waals surface area (Å²) in [5.41, 5.74) is 3.44. The average Bonchev–Trinajstić information content (AvgIpc) is 1.61. The van der Waals surface area contributed by atoms with Gasteiger partial charge in [0.15, 0.2) is 0 Å². The number of hydrogen-bond donors (Lipinski definition) is 1. The summed E-state index contributed by atoms with van der Waals surface area (Å²) in [5, 5.41) is 0. The number of hydrogen-bond acceptors (Lipinski definition) is 2. The molecule has 2 heteroatoms. The molecule has 0 unspecified atom stereocenters. The van der Waals surface area contributed by atoms with E-state index in [4.69, 9.17) is 4.84 Å². The lowest BCUT2D eigenvalue weighted by atomic mass is 10.6. The van der Waals surface area contributed by atoms with E-state index in [1.54, 1.807) is 0 Å². The second kappa shape index (κ2) is 3.68. The topological polar surface area (TPSA) is 21.3 Å². The van der Waals surface area contributed by atoms with Gasteiger partial charge in [0.25, 0.3) is 0 Å². The number of hydroxylamine groups is 1. The number of nitrogens with one attached hydrogen (secondary N) is 1. The summed E-state index contributed by atoms with van der Waals surface area (Å²) in [6.07, 6.45) is 0. The van der Waals surface area contributed by atoms with Crippen molar-refractivity contribution in [3.8, 4) is 0 Å². The van der Waals surface area contributed by atoms with E-state index in [1.165, 1.54) is 0 Å². The first-order valence-corrected chi connectivity index (χ1v) is 2.30. The van der Waals surface area contributed by atoms with Crippen molar-refractivity contribution in [2.45, 2.75) is 13.8 Å². The zero-order valence-electron chi connectivity index (χ0n) is 4.82. The van der Waals surface area contributed by atoms with Gasteiger partial charge in [-0.3, -0.25) is 10.3 Å². The van der Waals surface area contributed by atoms with Gasteiger partial charge in [0.2, 0.25) is 0 Å². The molecule has 2 nitrogen and oxygen atoms in total. The predicted octanol–water partition coefficient (Wildman–Crippen LogP) is 1.06. The van der Waals surface area contributed by atoms with Gasteiger partial charge in [-0.05, 0) is 13.8 Å². The van der Waals surface area contributed by atoms with E-state index in [2.05, 4.69) is 12.1 Å². The van der Waals surface area contributed by atoms with Gasteiger partial charge in [-0.25, -0.2) is 0 Å². The molecule has 0 amide bonds. The molecule has 7 heavy (non-hydrogen) atoms. The summed E-state index contributed by atoms with van der Waals surface area (Å²) in [5.74, 6) is 0. The molecule has 0 fully saturated rings. The molecule has 0 saturated heterocycles. The highest BCUT2D eigenvalue weighted by Gasteiger charge is 1.75. The molecule has 0 atom stereocenters. The van der Waals surface area contributed by atoms with E-state index in [9.17, 15) is 0 Å². The normalized spacial score (nSPS) is 8.29. The number of rotatable bonds is 3. The lowest BCUT2D eigenvalue weighted by Crippen LogP contribution is -2.09. The smallest absolute Gasteiger partial charge is 0.0717 e. The molecule has 0 aliphatic carbocycles.